The summed E-state index contributed by atoms with van der Waals surface area (Å²) < 4.78 is 11.8. The summed E-state index contributed by atoms with van der Waals surface area (Å²) in [6, 6.07) is 22.9. The number of unbranched alkanes of at least 4 members (excludes halogenated alkanes) is 1. The van der Waals surface area contributed by atoms with Crippen LogP contribution in [0.1, 0.15) is 36.9 Å². The van der Waals surface area contributed by atoms with E-state index in [0.717, 1.165) is 12.8 Å². The maximum absolute atomic E-state index is 13.3. The van der Waals surface area contributed by atoms with Crippen LogP contribution in [0.2, 0.25) is 0 Å². The fourth-order valence-electron chi connectivity index (χ4n) is 4.36. The number of benzene rings is 3. The minimum atomic E-state index is -0.765. The standard InChI is InChI=1S/C31H34N2O5/c1-4-5-19-37-25-15-10-12-23(21-25)29(34)27-28(33(18-17-32(2)3)31(36)30(27)35)22-11-9-16-26(20-22)38-24-13-7-6-8-14-24/h6-16,20-21,28,34H,4-5,17-19H2,1-3H3/b29-27+. The van der Waals surface area contributed by atoms with Crippen molar-refractivity contribution in [1.82, 2.24) is 9.80 Å². The van der Waals surface area contributed by atoms with Gasteiger partial charge >= 0.3 is 0 Å². The third-order valence-electron chi connectivity index (χ3n) is 6.35. The Bertz CT molecular complexity index is 1300. The zero-order valence-electron chi connectivity index (χ0n) is 22.1. The van der Waals surface area contributed by atoms with E-state index in [2.05, 4.69) is 6.92 Å². The zero-order valence-corrected chi connectivity index (χ0v) is 22.1. The highest BCUT2D eigenvalue weighted by Gasteiger charge is 2.46. The molecule has 0 aromatic heterocycles. The number of hydrogen-bond acceptors (Lipinski definition) is 6. The van der Waals surface area contributed by atoms with E-state index in [1.807, 2.05) is 79.7 Å². The highest BCUT2D eigenvalue weighted by atomic mass is 16.5. The summed E-state index contributed by atoms with van der Waals surface area (Å²) in [7, 11) is 3.81. The fraction of sp³-hybridized carbons (Fsp3) is 0.290. The van der Waals surface area contributed by atoms with Gasteiger partial charge in [0.25, 0.3) is 11.7 Å². The number of Topliss-reactive ketones (excluding diaryl/α,β-unsaturated/α-hetero) is 1. The predicted octanol–water partition coefficient (Wildman–Crippen LogP) is 5.64. The molecular weight excluding hydrogens is 480 g/mol. The first-order valence-corrected chi connectivity index (χ1v) is 12.9. The molecule has 7 nitrogen and oxygen atoms in total. The maximum Gasteiger partial charge on any atom is 0.295 e. The number of ether oxygens (including phenoxy) is 2. The molecule has 198 valence electrons. The molecule has 7 heteroatoms. The summed E-state index contributed by atoms with van der Waals surface area (Å²) in [5.41, 5.74) is 1.15. The summed E-state index contributed by atoms with van der Waals surface area (Å²) in [6.07, 6.45) is 1.91. The largest absolute Gasteiger partial charge is 0.507 e. The summed E-state index contributed by atoms with van der Waals surface area (Å²) in [6.45, 7) is 3.53. The normalized spacial score (nSPS) is 16.7. The highest BCUT2D eigenvalue weighted by Crippen LogP contribution is 2.40. The second-order valence-electron chi connectivity index (χ2n) is 9.51. The molecule has 1 saturated heterocycles. The van der Waals surface area contributed by atoms with Gasteiger partial charge in [0.15, 0.2) is 0 Å². The van der Waals surface area contributed by atoms with E-state index >= 15 is 0 Å². The first-order valence-electron chi connectivity index (χ1n) is 12.9. The van der Waals surface area contributed by atoms with Gasteiger partial charge in [-0.3, -0.25) is 9.59 Å². The van der Waals surface area contributed by atoms with Gasteiger partial charge in [0, 0.05) is 18.7 Å². The van der Waals surface area contributed by atoms with Crippen molar-refractivity contribution in [2.45, 2.75) is 25.8 Å². The Morgan fingerprint density at radius 1 is 0.921 bits per heavy atom. The molecule has 1 aliphatic heterocycles. The molecule has 0 radical (unpaired) electrons. The Kier molecular flexibility index (Phi) is 8.81. The van der Waals surface area contributed by atoms with Crippen molar-refractivity contribution in [3.63, 3.8) is 0 Å². The number of amides is 1. The van der Waals surface area contributed by atoms with Gasteiger partial charge < -0.3 is 24.4 Å². The fourth-order valence-corrected chi connectivity index (χ4v) is 4.36. The van der Waals surface area contributed by atoms with Crippen LogP contribution in [0.4, 0.5) is 0 Å². The number of likely N-dealkylation sites (tertiary alicyclic amines) is 1. The lowest BCUT2D eigenvalue weighted by atomic mass is 9.95. The SMILES string of the molecule is CCCCOc1cccc(/C(O)=C2\C(=O)C(=O)N(CCN(C)C)C2c2cccc(Oc3ccccc3)c2)c1. The molecule has 1 N–H and O–H groups in total. The van der Waals surface area contributed by atoms with Crippen LogP contribution in [0.15, 0.2) is 84.4 Å². The lowest BCUT2D eigenvalue weighted by Crippen LogP contribution is -2.35. The summed E-state index contributed by atoms with van der Waals surface area (Å²) >= 11 is 0. The van der Waals surface area contributed by atoms with Crippen LogP contribution < -0.4 is 9.47 Å². The van der Waals surface area contributed by atoms with E-state index in [-0.39, 0.29) is 11.3 Å². The highest BCUT2D eigenvalue weighted by molar-refractivity contribution is 6.46. The van der Waals surface area contributed by atoms with Crippen molar-refractivity contribution < 1.29 is 24.2 Å². The Balaban J connectivity index is 1.75. The lowest BCUT2D eigenvalue weighted by molar-refractivity contribution is -0.140. The number of rotatable bonds is 11. The van der Waals surface area contributed by atoms with Crippen molar-refractivity contribution in [2.24, 2.45) is 0 Å². The Morgan fingerprint density at radius 3 is 2.37 bits per heavy atom. The molecule has 0 bridgehead atoms. The van der Waals surface area contributed by atoms with Crippen molar-refractivity contribution >= 4 is 17.4 Å². The average molecular weight is 515 g/mol. The van der Waals surface area contributed by atoms with Crippen LogP contribution in [0, 0.1) is 0 Å². The molecule has 3 aromatic carbocycles. The number of carbonyl (C=O) groups is 2. The van der Waals surface area contributed by atoms with E-state index in [9.17, 15) is 14.7 Å². The molecule has 0 aliphatic carbocycles. The third-order valence-corrected chi connectivity index (χ3v) is 6.35. The van der Waals surface area contributed by atoms with E-state index in [0.29, 0.717) is 48.1 Å². The maximum atomic E-state index is 13.3. The van der Waals surface area contributed by atoms with E-state index in [1.165, 1.54) is 4.90 Å². The quantitative estimate of drug-likeness (QED) is 0.154. The summed E-state index contributed by atoms with van der Waals surface area (Å²) in [5.74, 6) is 0.264. The van der Waals surface area contributed by atoms with Gasteiger partial charge in [0.2, 0.25) is 0 Å². The van der Waals surface area contributed by atoms with Crippen molar-refractivity contribution in [2.75, 3.05) is 33.8 Å². The Hall–Kier alpha value is -4.10. The number of para-hydroxylation sites is 1. The molecule has 4 rings (SSSR count). The molecule has 38 heavy (non-hydrogen) atoms. The van der Waals surface area contributed by atoms with Gasteiger partial charge in [-0.05, 0) is 62.5 Å². The van der Waals surface area contributed by atoms with Crippen molar-refractivity contribution in [3.8, 4) is 17.2 Å². The zero-order chi connectivity index (χ0) is 27.1. The van der Waals surface area contributed by atoms with Gasteiger partial charge in [-0.1, -0.05) is 55.8 Å². The second-order valence-corrected chi connectivity index (χ2v) is 9.51. The number of ketones is 1. The van der Waals surface area contributed by atoms with Gasteiger partial charge in [0.05, 0.1) is 18.2 Å². The molecular formula is C31H34N2O5. The van der Waals surface area contributed by atoms with E-state index < -0.39 is 17.7 Å². The molecule has 1 aliphatic rings. The number of carbonyl (C=O) groups excluding carboxylic acids is 2. The number of aliphatic hydroxyl groups excluding tert-OH is 1. The second kappa shape index (κ2) is 12.4. The smallest absolute Gasteiger partial charge is 0.295 e. The molecule has 0 spiro atoms. The van der Waals surface area contributed by atoms with Crippen LogP contribution in [-0.2, 0) is 9.59 Å². The molecule has 0 saturated carbocycles. The van der Waals surface area contributed by atoms with Crippen LogP contribution in [0.3, 0.4) is 0 Å². The molecule has 1 unspecified atom stereocenters. The first kappa shape index (κ1) is 26.9. The Labute approximate surface area is 223 Å². The third kappa shape index (κ3) is 6.23. The average Bonchev–Trinajstić information content (AvgIpc) is 3.17. The van der Waals surface area contributed by atoms with Crippen LogP contribution in [-0.4, -0.2) is 60.4 Å². The van der Waals surface area contributed by atoms with E-state index in [1.54, 1.807) is 18.2 Å². The topological polar surface area (TPSA) is 79.3 Å². The van der Waals surface area contributed by atoms with Crippen LogP contribution >= 0.6 is 0 Å². The van der Waals surface area contributed by atoms with Gasteiger partial charge in [-0.25, -0.2) is 0 Å². The summed E-state index contributed by atoms with van der Waals surface area (Å²) in [5, 5.41) is 11.4. The molecule has 1 heterocycles. The molecule has 3 aromatic rings. The molecule has 1 fully saturated rings. The van der Waals surface area contributed by atoms with Crippen molar-refractivity contribution in [3.05, 3.63) is 95.6 Å². The molecule has 1 amide bonds. The first-order chi connectivity index (χ1) is 18.4. The number of likely N-dealkylation sites (N-methyl/N-ethyl adjacent to an activating group) is 1. The van der Waals surface area contributed by atoms with Gasteiger partial charge in [0.1, 0.15) is 23.0 Å². The minimum absolute atomic E-state index is 0.0522. The number of nitrogens with zero attached hydrogens (tertiary/aromatic N) is 2. The summed E-state index contributed by atoms with van der Waals surface area (Å²) in [4.78, 5) is 30.0. The van der Waals surface area contributed by atoms with Crippen LogP contribution in [0.25, 0.3) is 5.76 Å². The predicted molar refractivity (Wildman–Crippen MR) is 147 cm³/mol. The Morgan fingerprint density at radius 2 is 1.63 bits per heavy atom. The number of hydrogen-bond donors (Lipinski definition) is 1. The van der Waals surface area contributed by atoms with Crippen LogP contribution in [0.5, 0.6) is 17.2 Å². The van der Waals surface area contributed by atoms with Gasteiger partial charge in [-0.2, -0.15) is 0 Å². The van der Waals surface area contributed by atoms with E-state index in [4.69, 9.17) is 9.47 Å². The lowest BCUT2D eigenvalue weighted by Gasteiger charge is -2.27. The van der Waals surface area contributed by atoms with Gasteiger partial charge in [-0.15, -0.1) is 0 Å². The number of aliphatic hydroxyl groups is 1. The minimum Gasteiger partial charge on any atom is -0.507 e. The molecule has 1 atom stereocenters. The monoisotopic (exact) mass is 514 g/mol. The van der Waals surface area contributed by atoms with Crippen molar-refractivity contribution in [1.29, 1.82) is 0 Å².